The van der Waals surface area contributed by atoms with E-state index in [0.29, 0.717) is 0 Å². The Hall–Kier alpha value is -6.69. The molecule has 0 saturated heterocycles. The first-order valence-corrected chi connectivity index (χ1v) is 18.8. The van der Waals surface area contributed by atoms with Gasteiger partial charge in [0.05, 0.1) is 42.9 Å². The Bertz CT molecular complexity index is 3290. The number of ether oxygens (including phenoxy) is 1. The van der Waals surface area contributed by atoms with Crippen LogP contribution in [0.5, 0.6) is 11.5 Å². The molecule has 11 aromatic rings. The molecule has 0 bridgehead atoms. The molecule has 0 radical (unpaired) electrons. The van der Waals surface area contributed by atoms with Crippen molar-refractivity contribution in [1.29, 1.82) is 0 Å². The highest BCUT2D eigenvalue weighted by Gasteiger charge is 2.25. The number of nitrogens with zero attached hydrogens (tertiary/aromatic N) is 3. The number of benzene rings is 8. The van der Waals surface area contributed by atoms with Crippen LogP contribution < -0.4 is 4.74 Å². The van der Waals surface area contributed by atoms with Crippen LogP contribution in [0.1, 0.15) is 0 Å². The van der Waals surface area contributed by atoms with Crippen LogP contribution in [-0.4, -0.2) is 13.7 Å². The second kappa shape index (κ2) is 10.9. The topological polar surface area (TPSA) is 24.0 Å². The van der Waals surface area contributed by atoms with E-state index < -0.39 is 0 Å². The van der Waals surface area contributed by atoms with E-state index in [4.69, 9.17) is 4.74 Å². The molecule has 1 aliphatic heterocycles. The maximum atomic E-state index is 6.46. The van der Waals surface area contributed by atoms with E-state index in [9.17, 15) is 0 Å². The van der Waals surface area contributed by atoms with Gasteiger partial charge in [0.25, 0.3) is 0 Å². The summed E-state index contributed by atoms with van der Waals surface area (Å²) in [6.45, 7) is 0. The Morgan fingerprint density at radius 3 is 1.72 bits per heavy atom. The standard InChI is InChI=1S/C48H29N3OS/c1-2-13-30(14-3-1)49-38-21-8-5-18-35(38)45-40(49)26-25-34-33-17-4-7-20-37(33)51(47(34)45)32-16-12-15-31(29-32)50-39-22-9-6-19-36(39)46-41(50)27-28-43-48(46)53-44-24-11-10-23-42(44)52-43/h1-29H. The number of para-hydroxylation sites is 5. The minimum Gasteiger partial charge on any atom is -0.455 e. The fourth-order valence-electron chi connectivity index (χ4n) is 8.72. The Morgan fingerprint density at radius 1 is 0.358 bits per heavy atom. The maximum Gasteiger partial charge on any atom is 0.142 e. The molecule has 0 amide bonds. The fourth-order valence-corrected chi connectivity index (χ4v) is 9.82. The summed E-state index contributed by atoms with van der Waals surface area (Å²) in [5.74, 6) is 1.81. The third-order valence-corrected chi connectivity index (χ3v) is 12.0. The third-order valence-electron chi connectivity index (χ3n) is 10.9. The zero-order valence-corrected chi connectivity index (χ0v) is 29.2. The molecule has 1 aliphatic rings. The summed E-state index contributed by atoms with van der Waals surface area (Å²) in [6, 6.07) is 63.4. The maximum absolute atomic E-state index is 6.46. The van der Waals surface area contributed by atoms with Crippen molar-refractivity contribution in [1.82, 2.24) is 13.7 Å². The summed E-state index contributed by atoms with van der Waals surface area (Å²) in [7, 11) is 0. The van der Waals surface area contributed by atoms with E-state index in [1.807, 2.05) is 12.1 Å². The smallest absolute Gasteiger partial charge is 0.142 e. The Labute approximate surface area is 308 Å². The van der Waals surface area contributed by atoms with Crippen LogP contribution in [0.4, 0.5) is 0 Å². The number of aromatic nitrogens is 3. The highest BCUT2D eigenvalue weighted by Crippen LogP contribution is 2.52. The van der Waals surface area contributed by atoms with E-state index in [1.54, 1.807) is 11.8 Å². The van der Waals surface area contributed by atoms with Crippen LogP contribution >= 0.6 is 11.8 Å². The van der Waals surface area contributed by atoms with Crippen LogP contribution in [0.2, 0.25) is 0 Å². The average molecular weight is 696 g/mol. The summed E-state index contributed by atoms with van der Waals surface area (Å²) >= 11 is 1.80. The Balaban J connectivity index is 1.15. The molecular weight excluding hydrogens is 667 g/mol. The van der Waals surface area contributed by atoms with E-state index in [0.717, 1.165) is 43.9 Å². The summed E-state index contributed by atoms with van der Waals surface area (Å²) in [5, 5.41) is 7.42. The molecule has 0 unspecified atom stereocenters. The van der Waals surface area contributed by atoms with Gasteiger partial charge in [0.1, 0.15) is 11.5 Å². The first-order chi connectivity index (χ1) is 26.3. The van der Waals surface area contributed by atoms with Crippen LogP contribution in [0, 0.1) is 0 Å². The Kier molecular flexibility index (Phi) is 5.96. The summed E-state index contributed by atoms with van der Waals surface area (Å²) in [5.41, 5.74) is 10.5. The molecule has 248 valence electrons. The minimum absolute atomic E-state index is 0.904. The van der Waals surface area contributed by atoms with Crippen molar-refractivity contribution < 1.29 is 4.74 Å². The molecule has 4 nitrogen and oxygen atoms in total. The van der Waals surface area contributed by atoms with Gasteiger partial charge in [0, 0.05) is 49.4 Å². The zero-order valence-electron chi connectivity index (χ0n) is 28.4. The highest BCUT2D eigenvalue weighted by atomic mass is 32.2. The molecule has 0 aliphatic carbocycles. The molecular formula is C48H29N3OS. The number of fused-ring (bicyclic) bond motifs is 13. The third kappa shape index (κ3) is 4.03. The van der Waals surface area contributed by atoms with Crippen molar-refractivity contribution in [2.75, 3.05) is 0 Å². The molecule has 12 rings (SSSR count). The second-order valence-corrected chi connectivity index (χ2v) is 14.8. The van der Waals surface area contributed by atoms with Crippen LogP contribution in [0.25, 0.3) is 82.5 Å². The van der Waals surface area contributed by atoms with Gasteiger partial charge < -0.3 is 18.4 Å². The summed E-state index contributed by atoms with van der Waals surface area (Å²) in [4.78, 5) is 2.30. The zero-order chi connectivity index (χ0) is 34.6. The van der Waals surface area contributed by atoms with Gasteiger partial charge in [-0.15, -0.1) is 0 Å². The van der Waals surface area contributed by atoms with Gasteiger partial charge in [-0.3, -0.25) is 0 Å². The first kappa shape index (κ1) is 28.9. The Morgan fingerprint density at radius 2 is 0.925 bits per heavy atom. The first-order valence-electron chi connectivity index (χ1n) is 17.9. The molecule has 0 spiro atoms. The van der Waals surface area contributed by atoms with Crippen LogP contribution in [-0.2, 0) is 0 Å². The molecule has 5 heteroatoms. The molecule has 8 aromatic carbocycles. The quantitative estimate of drug-likeness (QED) is 0.184. The van der Waals surface area contributed by atoms with E-state index in [1.165, 1.54) is 59.9 Å². The second-order valence-electron chi connectivity index (χ2n) is 13.7. The van der Waals surface area contributed by atoms with Gasteiger partial charge >= 0.3 is 0 Å². The molecule has 0 fully saturated rings. The van der Waals surface area contributed by atoms with Crippen molar-refractivity contribution in [2.45, 2.75) is 9.79 Å². The number of rotatable bonds is 3. The van der Waals surface area contributed by atoms with Gasteiger partial charge in [0.15, 0.2) is 0 Å². The normalized spacial score (nSPS) is 12.6. The van der Waals surface area contributed by atoms with Gasteiger partial charge in [-0.05, 0) is 78.9 Å². The lowest BCUT2D eigenvalue weighted by atomic mass is 10.1. The van der Waals surface area contributed by atoms with Gasteiger partial charge in [-0.2, -0.15) is 0 Å². The van der Waals surface area contributed by atoms with Crippen molar-refractivity contribution in [3.8, 4) is 28.6 Å². The highest BCUT2D eigenvalue weighted by molar-refractivity contribution is 7.99. The molecule has 0 atom stereocenters. The lowest BCUT2D eigenvalue weighted by Crippen LogP contribution is -1.99. The predicted octanol–water partition coefficient (Wildman–Crippen LogP) is 13.2. The van der Waals surface area contributed by atoms with Crippen molar-refractivity contribution in [3.05, 3.63) is 176 Å². The number of hydrogen-bond acceptors (Lipinski definition) is 2. The van der Waals surface area contributed by atoms with E-state index in [2.05, 4.69) is 177 Å². The molecule has 4 heterocycles. The predicted molar refractivity (Wildman–Crippen MR) is 220 cm³/mol. The molecule has 53 heavy (non-hydrogen) atoms. The lowest BCUT2D eigenvalue weighted by molar-refractivity contribution is 0.456. The SMILES string of the molecule is c1ccc(-n2c3ccccc3c3c2ccc2c4ccccc4n(-c4cccc(-n5c6ccccc6c6c7c(ccc65)Oc5ccccc5S7)c4)c23)cc1. The molecule has 3 aromatic heterocycles. The monoisotopic (exact) mass is 695 g/mol. The van der Waals surface area contributed by atoms with E-state index in [-0.39, 0.29) is 0 Å². The fraction of sp³-hybridized carbons (Fsp3) is 0. The van der Waals surface area contributed by atoms with Crippen molar-refractivity contribution in [2.24, 2.45) is 0 Å². The molecule has 0 saturated carbocycles. The van der Waals surface area contributed by atoms with Crippen molar-refractivity contribution >= 4 is 77.2 Å². The van der Waals surface area contributed by atoms with E-state index >= 15 is 0 Å². The lowest BCUT2D eigenvalue weighted by Gasteiger charge is -2.20. The summed E-state index contributed by atoms with van der Waals surface area (Å²) < 4.78 is 13.8. The summed E-state index contributed by atoms with van der Waals surface area (Å²) in [6.07, 6.45) is 0. The van der Waals surface area contributed by atoms with Crippen LogP contribution in [0.15, 0.2) is 186 Å². The van der Waals surface area contributed by atoms with Crippen LogP contribution in [0.3, 0.4) is 0 Å². The van der Waals surface area contributed by atoms with Gasteiger partial charge in [-0.25, -0.2) is 0 Å². The molecule has 0 N–H and O–H groups in total. The van der Waals surface area contributed by atoms with Gasteiger partial charge in [-0.1, -0.05) is 109 Å². The average Bonchev–Trinajstić information content (AvgIpc) is 3.86. The van der Waals surface area contributed by atoms with Gasteiger partial charge in [0.2, 0.25) is 0 Å². The number of hydrogen-bond donors (Lipinski definition) is 0. The van der Waals surface area contributed by atoms with Crippen molar-refractivity contribution in [3.63, 3.8) is 0 Å². The minimum atomic E-state index is 0.904. The largest absolute Gasteiger partial charge is 0.455 e.